The molecule has 0 aromatic heterocycles. The fourth-order valence-corrected chi connectivity index (χ4v) is 2.15. The molecular formula is C17H18O. The summed E-state index contributed by atoms with van der Waals surface area (Å²) >= 11 is 0. The van der Waals surface area contributed by atoms with Crippen molar-refractivity contribution in [3.05, 3.63) is 35.4 Å². The molecule has 1 aromatic carbocycles. The molecule has 1 aliphatic rings. The number of rotatable bonds is 0. The van der Waals surface area contributed by atoms with Crippen molar-refractivity contribution in [3.63, 3.8) is 0 Å². The molecule has 92 valence electrons. The molecular weight excluding hydrogens is 220 g/mol. The van der Waals surface area contributed by atoms with Crippen LogP contribution in [0.1, 0.15) is 43.2 Å². The fraction of sp³-hybridized carbons (Fsp3) is 0.412. The molecule has 0 amide bonds. The van der Waals surface area contributed by atoms with Crippen LogP contribution in [-0.4, -0.2) is 10.7 Å². The van der Waals surface area contributed by atoms with E-state index in [1.165, 1.54) is 12.0 Å². The molecule has 0 unspecified atom stereocenters. The van der Waals surface area contributed by atoms with E-state index >= 15 is 0 Å². The molecule has 1 fully saturated rings. The molecule has 0 bridgehead atoms. The summed E-state index contributed by atoms with van der Waals surface area (Å²) in [6, 6.07) is 8.04. The SMILES string of the molecule is Cc1ccc(C#CC#CC2(O)CCCCC2)cc1. The Morgan fingerprint density at radius 2 is 1.67 bits per heavy atom. The lowest BCUT2D eigenvalue weighted by atomic mass is 9.85. The van der Waals surface area contributed by atoms with Gasteiger partial charge in [-0.2, -0.15) is 0 Å². The molecule has 0 heterocycles. The van der Waals surface area contributed by atoms with Crippen molar-refractivity contribution < 1.29 is 5.11 Å². The van der Waals surface area contributed by atoms with Crippen LogP contribution in [0.4, 0.5) is 0 Å². The van der Waals surface area contributed by atoms with Crippen LogP contribution < -0.4 is 0 Å². The van der Waals surface area contributed by atoms with Gasteiger partial charge in [0.15, 0.2) is 0 Å². The van der Waals surface area contributed by atoms with E-state index in [-0.39, 0.29) is 0 Å². The zero-order valence-corrected chi connectivity index (χ0v) is 10.8. The standard InChI is InChI=1S/C17H18O/c1-15-8-10-16(11-9-15)7-3-6-14-17(18)12-4-2-5-13-17/h8-11,18H,2,4-5,12-13H2,1H3. The Labute approximate surface area is 109 Å². The number of aryl methyl sites for hydroxylation is 1. The highest BCUT2D eigenvalue weighted by molar-refractivity contribution is 5.41. The summed E-state index contributed by atoms with van der Waals surface area (Å²) in [5, 5.41) is 10.2. The smallest absolute Gasteiger partial charge is 0.126 e. The van der Waals surface area contributed by atoms with Gasteiger partial charge in [-0.1, -0.05) is 36.0 Å². The van der Waals surface area contributed by atoms with Gasteiger partial charge in [-0.15, -0.1) is 0 Å². The first-order chi connectivity index (χ1) is 8.68. The van der Waals surface area contributed by atoms with E-state index in [0.717, 1.165) is 31.2 Å². The van der Waals surface area contributed by atoms with E-state index in [1.54, 1.807) is 0 Å². The quantitative estimate of drug-likeness (QED) is 0.689. The molecule has 1 aliphatic carbocycles. The first-order valence-electron chi connectivity index (χ1n) is 6.50. The molecule has 1 nitrogen and oxygen atoms in total. The lowest BCUT2D eigenvalue weighted by molar-refractivity contribution is 0.0610. The molecule has 18 heavy (non-hydrogen) atoms. The second kappa shape index (κ2) is 5.76. The lowest BCUT2D eigenvalue weighted by Crippen LogP contribution is -2.29. The van der Waals surface area contributed by atoms with Crippen LogP contribution in [0.15, 0.2) is 24.3 Å². The van der Waals surface area contributed by atoms with Crippen LogP contribution in [0.2, 0.25) is 0 Å². The van der Waals surface area contributed by atoms with E-state index in [4.69, 9.17) is 0 Å². The van der Waals surface area contributed by atoms with Crippen LogP contribution in [0, 0.1) is 30.6 Å². The topological polar surface area (TPSA) is 20.2 Å². The Kier molecular flexibility index (Phi) is 4.08. The van der Waals surface area contributed by atoms with Crippen molar-refractivity contribution in [1.29, 1.82) is 0 Å². The van der Waals surface area contributed by atoms with E-state index in [9.17, 15) is 5.11 Å². The Morgan fingerprint density at radius 3 is 2.33 bits per heavy atom. The summed E-state index contributed by atoms with van der Waals surface area (Å²) in [5.74, 6) is 11.5. The Hall–Kier alpha value is -1.70. The number of aliphatic hydroxyl groups is 1. The van der Waals surface area contributed by atoms with Crippen LogP contribution in [-0.2, 0) is 0 Å². The normalized spacial score (nSPS) is 17.0. The van der Waals surface area contributed by atoms with Gasteiger partial charge in [0.05, 0.1) is 0 Å². The van der Waals surface area contributed by atoms with Crippen molar-refractivity contribution in [1.82, 2.24) is 0 Å². The first-order valence-corrected chi connectivity index (χ1v) is 6.50. The van der Waals surface area contributed by atoms with Gasteiger partial charge in [0, 0.05) is 5.56 Å². The van der Waals surface area contributed by atoms with Gasteiger partial charge >= 0.3 is 0 Å². The second-order valence-corrected chi connectivity index (χ2v) is 4.96. The van der Waals surface area contributed by atoms with E-state index in [2.05, 4.69) is 30.6 Å². The van der Waals surface area contributed by atoms with Gasteiger partial charge in [-0.3, -0.25) is 0 Å². The number of benzene rings is 1. The summed E-state index contributed by atoms with van der Waals surface area (Å²) in [5.41, 5.74) is 1.40. The van der Waals surface area contributed by atoms with Gasteiger partial charge in [0.25, 0.3) is 0 Å². The zero-order valence-electron chi connectivity index (χ0n) is 10.8. The Morgan fingerprint density at radius 1 is 1.00 bits per heavy atom. The Bertz CT molecular complexity index is 511. The molecule has 1 N–H and O–H groups in total. The van der Waals surface area contributed by atoms with E-state index in [1.807, 2.05) is 24.3 Å². The third kappa shape index (κ3) is 3.66. The molecule has 0 atom stereocenters. The molecule has 0 aliphatic heterocycles. The summed E-state index contributed by atoms with van der Waals surface area (Å²) in [6.07, 6.45) is 4.91. The predicted octanol–water partition coefficient (Wildman–Crippen LogP) is 3.05. The third-order valence-corrected chi connectivity index (χ3v) is 3.30. The third-order valence-electron chi connectivity index (χ3n) is 3.30. The average molecular weight is 238 g/mol. The fourth-order valence-electron chi connectivity index (χ4n) is 2.15. The van der Waals surface area contributed by atoms with Gasteiger partial charge in [-0.05, 0) is 56.6 Å². The Balaban J connectivity index is 2.01. The van der Waals surface area contributed by atoms with Crippen LogP contribution in [0.5, 0.6) is 0 Å². The van der Waals surface area contributed by atoms with Crippen molar-refractivity contribution in [2.75, 3.05) is 0 Å². The maximum absolute atomic E-state index is 10.2. The lowest BCUT2D eigenvalue weighted by Gasteiger charge is -2.26. The van der Waals surface area contributed by atoms with E-state index < -0.39 is 5.60 Å². The van der Waals surface area contributed by atoms with E-state index in [0.29, 0.717) is 0 Å². The van der Waals surface area contributed by atoms with Crippen LogP contribution >= 0.6 is 0 Å². The van der Waals surface area contributed by atoms with Crippen LogP contribution in [0.3, 0.4) is 0 Å². The van der Waals surface area contributed by atoms with Gasteiger partial charge in [0.1, 0.15) is 5.60 Å². The van der Waals surface area contributed by atoms with Crippen molar-refractivity contribution in [2.24, 2.45) is 0 Å². The zero-order chi connectivity index (χ0) is 12.8. The summed E-state index contributed by atoms with van der Waals surface area (Å²) in [6.45, 7) is 2.05. The minimum atomic E-state index is -0.791. The second-order valence-electron chi connectivity index (χ2n) is 4.96. The summed E-state index contributed by atoms with van der Waals surface area (Å²) in [4.78, 5) is 0. The number of hydrogen-bond donors (Lipinski definition) is 1. The monoisotopic (exact) mass is 238 g/mol. The molecule has 0 spiro atoms. The highest BCUT2D eigenvalue weighted by Gasteiger charge is 2.26. The molecule has 2 rings (SSSR count). The van der Waals surface area contributed by atoms with Gasteiger partial charge in [0.2, 0.25) is 0 Å². The molecule has 0 saturated heterocycles. The maximum Gasteiger partial charge on any atom is 0.126 e. The maximum atomic E-state index is 10.2. The van der Waals surface area contributed by atoms with Gasteiger partial charge in [-0.25, -0.2) is 0 Å². The average Bonchev–Trinajstić information content (AvgIpc) is 2.38. The van der Waals surface area contributed by atoms with Crippen molar-refractivity contribution >= 4 is 0 Å². The number of hydrogen-bond acceptors (Lipinski definition) is 1. The molecule has 1 heteroatoms. The molecule has 1 aromatic rings. The van der Waals surface area contributed by atoms with Crippen molar-refractivity contribution in [2.45, 2.75) is 44.6 Å². The summed E-state index contributed by atoms with van der Waals surface area (Å²) in [7, 11) is 0. The molecule has 1 saturated carbocycles. The highest BCUT2D eigenvalue weighted by Crippen LogP contribution is 2.26. The van der Waals surface area contributed by atoms with Gasteiger partial charge < -0.3 is 5.11 Å². The predicted molar refractivity (Wildman–Crippen MR) is 73.9 cm³/mol. The van der Waals surface area contributed by atoms with Crippen LogP contribution in [0.25, 0.3) is 0 Å². The largest absolute Gasteiger partial charge is 0.378 e. The minimum Gasteiger partial charge on any atom is -0.378 e. The molecule has 0 radical (unpaired) electrons. The first kappa shape index (κ1) is 12.7. The highest BCUT2D eigenvalue weighted by atomic mass is 16.3. The van der Waals surface area contributed by atoms with Crippen molar-refractivity contribution in [3.8, 4) is 23.7 Å². The summed E-state index contributed by atoms with van der Waals surface area (Å²) < 4.78 is 0. The minimum absolute atomic E-state index is 0.784.